The largest absolute Gasteiger partial charge is 0.496 e. The molecule has 0 radical (unpaired) electrons. The van der Waals surface area contributed by atoms with Crippen LogP contribution in [0.4, 0.5) is 19.3 Å². The van der Waals surface area contributed by atoms with Gasteiger partial charge < -0.3 is 25.4 Å². The summed E-state index contributed by atoms with van der Waals surface area (Å²) in [5, 5.41) is 15.8. The van der Waals surface area contributed by atoms with Gasteiger partial charge in [0.15, 0.2) is 17.4 Å². The van der Waals surface area contributed by atoms with Crippen LogP contribution in [0.1, 0.15) is 23.2 Å². The highest BCUT2D eigenvalue weighted by Crippen LogP contribution is 2.39. The second-order valence-electron chi connectivity index (χ2n) is 7.56. The van der Waals surface area contributed by atoms with Gasteiger partial charge in [0.05, 0.1) is 29.9 Å². The Balaban J connectivity index is 1.69. The molecule has 9 nitrogen and oxygen atoms in total. The maximum atomic E-state index is 15.0. The van der Waals surface area contributed by atoms with Gasteiger partial charge in [0.1, 0.15) is 23.1 Å². The van der Waals surface area contributed by atoms with Crippen molar-refractivity contribution in [2.75, 3.05) is 19.0 Å². The minimum Gasteiger partial charge on any atom is -0.496 e. The first-order valence-corrected chi connectivity index (χ1v) is 10.7. The summed E-state index contributed by atoms with van der Waals surface area (Å²) in [5.74, 6) is -3.58. The molecule has 12 heteroatoms. The lowest BCUT2D eigenvalue weighted by Gasteiger charge is -2.15. The second kappa shape index (κ2) is 9.99. The van der Waals surface area contributed by atoms with Crippen molar-refractivity contribution in [2.45, 2.75) is 18.9 Å². The van der Waals surface area contributed by atoms with Gasteiger partial charge in [-0.1, -0.05) is 11.6 Å². The lowest BCUT2D eigenvalue weighted by molar-refractivity contribution is 0.0955. The summed E-state index contributed by atoms with van der Waals surface area (Å²) in [5.41, 5.74) is 0.124. The lowest BCUT2D eigenvalue weighted by atomic mass is 10.1. The number of urea groups is 1. The maximum absolute atomic E-state index is 15.0. The predicted molar refractivity (Wildman–Crippen MR) is 123 cm³/mol. The number of benzene rings is 2. The Hall–Kier alpha value is -4.17. The molecule has 180 valence electrons. The minimum atomic E-state index is -1.22. The summed E-state index contributed by atoms with van der Waals surface area (Å²) < 4.78 is 40.6. The zero-order chi connectivity index (χ0) is 25.1. The number of amides is 3. The van der Waals surface area contributed by atoms with E-state index in [1.165, 1.54) is 31.5 Å². The molecule has 0 aliphatic heterocycles. The normalized spacial score (nSPS) is 12.5. The van der Waals surface area contributed by atoms with Crippen molar-refractivity contribution in [1.29, 1.82) is 5.26 Å². The van der Waals surface area contributed by atoms with E-state index in [-0.39, 0.29) is 40.7 Å². The topological polar surface area (TPSA) is 125 Å². The average Bonchev–Trinajstić information content (AvgIpc) is 3.66. The molecule has 3 amide bonds. The predicted octanol–water partition coefficient (Wildman–Crippen LogP) is 4.50. The van der Waals surface area contributed by atoms with E-state index in [0.717, 1.165) is 18.9 Å². The molecule has 1 aliphatic rings. The Morgan fingerprint density at radius 2 is 2.03 bits per heavy atom. The van der Waals surface area contributed by atoms with Gasteiger partial charge in [-0.15, -0.1) is 0 Å². The van der Waals surface area contributed by atoms with Crippen molar-refractivity contribution in [3.05, 3.63) is 52.7 Å². The molecule has 0 atom stereocenters. The van der Waals surface area contributed by atoms with Crippen molar-refractivity contribution < 1.29 is 27.8 Å². The van der Waals surface area contributed by atoms with E-state index in [2.05, 4.69) is 20.9 Å². The molecular formula is C23H18ClF2N5O4. The van der Waals surface area contributed by atoms with Crippen LogP contribution in [0.25, 0.3) is 10.9 Å². The molecule has 3 aromatic rings. The van der Waals surface area contributed by atoms with Gasteiger partial charge in [0.25, 0.3) is 5.91 Å². The third-order valence-corrected chi connectivity index (χ3v) is 5.45. The van der Waals surface area contributed by atoms with Gasteiger partial charge in [-0.05, 0) is 25.0 Å². The third kappa shape index (κ3) is 5.17. The Kier molecular flexibility index (Phi) is 6.84. The van der Waals surface area contributed by atoms with Crippen molar-refractivity contribution in [3.63, 3.8) is 0 Å². The zero-order valence-corrected chi connectivity index (χ0v) is 19.0. The van der Waals surface area contributed by atoms with Crippen LogP contribution in [0.5, 0.6) is 17.2 Å². The van der Waals surface area contributed by atoms with Gasteiger partial charge in [-0.25, -0.2) is 13.6 Å². The minimum absolute atomic E-state index is 0.0203. The van der Waals surface area contributed by atoms with E-state index in [0.29, 0.717) is 5.52 Å². The van der Waals surface area contributed by atoms with E-state index < -0.39 is 34.3 Å². The van der Waals surface area contributed by atoms with Crippen LogP contribution in [0, 0.1) is 23.0 Å². The summed E-state index contributed by atoms with van der Waals surface area (Å²) in [7, 11) is 1.36. The summed E-state index contributed by atoms with van der Waals surface area (Å²) in [4.78, 5) is 28.6. The van der Waals surface area contributed by atoms with Crippen molar-refractivity contribution in [2.24, 2.45) is 0 Å². The van der Waals surface area contributed by atoms with Gasteiger partial charge >= 0.3 is 6.03 Å². The van der Waals surface area contributed by atoms with Gasteiger partial charge in [-0.2, -0.15) is 5.26 Å². The maximum Gasteiger partial charge on any atom is 0.319 e. The Labute approximate surface area is 203 Å². The molecule has 35 heavy (non-hydrogen) atoms. The molecule has 1 aromatic heterocycles. The van der Waals surface area contributed by atoms with Crippen LogP contribution >= 0.6 is 11.6 Å². The van der Waals surface area contributed by atoms with Crippen LogP contribution in [0.15, 0.2) is 30.5 Å². The van der Waals surface area contributed by atoms with Crippen LogP contribution in [-0.4, -0.2) is 36.6 Å². The number of ether oxygens (including phenoxy) is 2. The number of hydrogen-bond acceptors (Lipinski definition) is 6. The van der Waals surface area contributed by atoms with Crippen molar-refractivity contribution in [3.8, 4) is 23.3 Å². The van der Waals surface area contributed by atoms with Crippen molar-refractivity contribution >= 4 is 40.1 Å². The van der Waals surface area contributed by atoms with Gasteiger partial charge in [-0.3, -0.25) is 9.78 Å². The summed E-state index contributed by atoms with van der Waals surface area (Å²) in [6.45, 7) is -0.232. The number of carbonyl (C=O) groups excluding carboxylic acids is 2. The van der Waals surface area contributed by atoms with Gasteiger partial charge in [0.2, 0.25) is 0 Å². The van der Waals surface area contributed by atoms with E-state index >= 15 is 4.39 Å². The van der Waals surface area contributed by atoms with E-state index in [9.17, 15) is 14.0 Å². The first-order chi connectivity index (χ1) is 16.8. The Morgan fingerprint density at radius 1 is 1.26 bits per heavy atom. The number of nitrogens with zero attached hydrogens (tertiary/aromatic N) is 2. The number of nitriles is 1. The number of aromatic nitrogens is 1. The monoisotopic (exact) mass is 501 g/mol. The number of methoxy groups -OCH3 is 1. The highest BCUT2D eigenvalue weighted by atomic mass is 35.5. The van der Waals surface area contributed by atoms with Gasteiger partial charge in [0, 0.05) is 29.8 Å². The molecule has 0 spiro atoms. The Bertz CT molecular complexity index is 1370. The molecule has 1 heterocycles. The van der Waals surface area contributed by atoms with Crippen molar-refractivity contribution in [1.82, 2.24) is 15.6 Å². The van der Waals surface area contributed by atoms with Crippen LogP contribution in [0.3, 0.4) is 0 Å². The summed E-state index contributed by atoms with van der Waals surface area (Å²) in [6.07, 6.45) is 3.02. The van der Waals surface area contributed by atoms with E-state index in [1.54, 1.807) is 6.07 Å². The molecular weight excluding hydrogens is 484 g/mol. The number of hydrogen-bond donors (Lipinski definition) is 3. The van der Waals surface area contributed by atoms with Crippen LogP contribution in [0.2, 0.25) is 5.02 Å². The lowest BCUT2D eigenvalue weighted by Crippen LogP contribution is -2.30. The molecule has 1 fully saturated rings. The molecule has 1 aliphatic carbocycles. The summed E-state index contributed by atoms with van der Waals surface area (Å²) in [6, 6.07) is 6.24. The first-order valence-electron chi connectivity index (χ1n) is 10.4. The standard InChI is InChI=1S/C23H18ClF2N5O4/c1-34-18-10-15-12(8-13(18)22(32)29-7-5-27)17(4-6-28-15)35-21-14(25)9-16(19(24)20(21)26)31-23(33)30-11-2-3-11/h4,6,8-11H,2-3,7H2,1H3,(H,29,32)(H2,30,31,33). The SMILES string of the molecule is COc1cc2nccc(Oc3c(F)cc(NC(=O)NC4CC4)c(Cl)c3F)c2cc1C(=O)NCC#N. The molecule has 0 bridgehead atoms. The Morgan fingerprint density at radius 3 is 2.71 bits per heavy atom. The first kappa shape index (κ1) is 24.0. The van der Waals surface area contributed by atoms with E-state index in [1.807, 2.05) is 0 Å². The number of fused-ring (bicyclic) bond motifs is 1. The second-order valence-corrected chi connectivity index (χ2v) is 7.94. The van der Waals surface area contributed by atoms with E-state index in [4.69, 9.17) is 26.3 Å². The number of nitrogens with one attached hydrogen (secondary N) is 3. The number of carbonyl (C=O) groups is 2. The number of halogens is 3. The number of anilines is 1. The number of pyridine rings is 1. The molecule has 0 unspecified atom stereocenters. The molecule has 4 rings (SSSR count). The average molecular weight is 502 g/mol. The molecule has 1 saturated carbocycles. The fourth-order valence-electron chi connectivity index (χ4n) is 3.24. The fourth-order valence-corrected chi connectivity index (χ4v) is 3.43. The quantitative estimate of drug-likeness (QED) is 0.323. The van der Waals surface area contributed by atoms with Crippen LogP contribution < -0.4 is 25.4 Å². The summed E-state index contributed by atoms with van der Waals surface area (Å²) >= 11 is 6.03. The smallest absolute Gasteiger partial charge is 0.319 e. The molecule has 0 saturated heterocycles. The molecule has 3 N–H and O–H groups in total. The number of rotatable bonds is 7. The fraction of sp³-hybridized carbons (Fsp3) is 0.217. The zero-order valence-electron chi connectivity index (χ0n) is 18.2. The van der Waals surface area contributed by atoms with Crippen LogP contribution in [-0.2, 0) is 0 Å². The highest BCUT2D eigenvalue weighted by molar-refractivity contribution is 6.34. The molecule has 2 aromatic carbocycles. The third-order valence-electron chi connectivity index (χ3n) is 5.08. The highest BCUT2D eigenvalue weighted by Gasteiger charge is 2.26.